The quantitative estimate of drug-likeness (QED) is 0.734. The third kappa shape index (κ3) is 3.73. The zero-order valence-electron chi connectivity index (χ0n) is 13.8. The van der Waals surface area contributed by atoms with Crippen molar-refractivity contribution < 1.29 is 14.7 Å². The molecule has 5 heteroatoms. The Bertz CT molecular complexity index is 705. The number of para-hydroxylation sites is 1. The molecule has 0 aliphatic rings. The minimum Gasteiger partial charge on any atom is -0.480 e. The van der Waals surface area contributed by atoms with Crippen molar-refractivity contribution in [1.82, 2.24) is 10.3 Å². The van der Waals surface area contributed by atoms with E-state index in [0.717, 1.165) is 22.9 Å². The molecule has 1 aromatic heterocycles. The number of aromatic nitrogens is 1. The molecular weight excluding hydrogens is 292 g/mol. The molecule has 2 rings (SSSR count). The highest BCUT2D eigenvalue weighted by molar-refractivity contribution is 5.91. The highest BCUT2D eigenvalue weighted by Gasteiger charge is 2.25. The topological polar surface area (TPSA) is 82.2 Å². The number of hydrogen-bond donors (Lipinski definition) is 3. The summed E-state index contributed by atoms with van der Waals surface area (Å²) >= 11 is 0. The number of benzene rings is 1. The average molecular weight is 316 g/mol. The fourth-order valence-corrected chi connectivity index (χ4v) is 2.80. The molecule has 5 nitrogen and oxygen atoms in total. The second-order valence-electron chi connectivity index (χ2n) is 5.95. The molecule has 0 bridgehead atoms. The van der Waals surface area contributed by atoms with Crippen molar-refractivity contribution in [1.29, 1.82) is 0 Å². The molecule has 2 aromatic rings. The summed E-state index contributed by atoms with van der Waals surface area (Å²) in [6, 6.07) is 5.18. The second-order valence-corrected chi connectivity index (χ2v) is 5.95. The molecule has 0 aliphatic heterocycles. The van der Waals surface area contributed by atoms with Crippen LogP contribution < -0.4 is 5.32 Å². The molecule has 1 aromatic carbocycles. The van der Waals surface area contributed by atoms with Crippen LogP contribution in [0.4, 0.5) is 0 Å². The van der Waals surface area contributed by atoms with E-state index in [1.54, 1.807) is 0 Å². The predicted molar refractivity (Wildman–Crippen MR) is 90.4 cm³/mol. The maximum atomic E-state index is 12.3. The van der Waals surface area contributed by atoms with Crippen LogP contribution in [-0.2, 0) is 22.4 Å². The van der Waals surface area contributed by atoms with Crippen LogP contribution in [0.3, 0.4) is 0 Å². The van der Waals surface area contributed by atoms with Crippen molar-refractivity contribution in [2.45, 2.75) is 46.1 Å². The third-order valence-electron chi connectivity index (χ3n) is 4.41. The number of aromatic amines is 1. The molecule has 124 valence electrons. The molecule has 0 fully saturated rings. The van der Waals surface area contributed by atoms with Crippen LogP contribution in [0.1, 0.15) is 38.3 Å². The minimum atomic E-state index is -0.986. The molecule has 1 heterocycles. The van der Waals surface area contributed by atoms with Crippen molar-refractivity contribution in [2.24, 2.45) is 5.92 Å². The summed E-state index contributed by atoms with van der Waals surface area (Å²) in [6.07, 6.45) is 3.62. The predicted octanol–water partition coefficient (Wildman–Crippen LogP) is 2.89. The lowest BCUT2D eigenvalue weighted by Crippen LogP contribution is -2.45. The van der Waals surface area contributed by atoms with Gasteiger partial charge in [-0.1, -0.05) is 45.4 Å². The Morgan fingerprint density at radius 2 is 2.00 bits per heavy atom. The Hall–Kier alpha value is -2.30. The number of fused-ring (bicyclic) bond motifs is 1. The molecule has 0 saturated carbocycles. The van der Waals surface area contributed by atoms with E-state index in [4.69, 9.17) is 0 Å². The van der Waals surface area contributed by atoms with E-state index < -0.39 is 12.0 Å². The SMILES string of the molecule is CCc1cccc2c(CC(=O)NC(C(=O)O)C(C)CC)c[nH]c12. The number of aryl methyl sites for hydroxylation is 1. The van der Waals surface area contributed by atoms with Gasteiger partial charge in [-0.05, 0) is 23.5 Å². The van der Waals surface area contributed by atoms with Crippen molar-refractivity contribution >= 4 is 22.8 Å². The summed E-state index contributed by atoms with van der Waals surface area (Å²) in [5.41, 5.74) is 3.15. The van der Waals surface area contributed by atoms with Crippen LogP contribution in [0.15, 0.2) is 24.4 Å². The molecule has 2 unspecified atom stereocenters. The maximum absolute atomic E-state index is 12.3. The average Bonchev–Trinajstić information content (AvgIpc) is 2.94. The number of carboxylic acid groups (broad SMARTS) is 1. The number of hydrogen-bond acceptors (Lipinski definition) is 2. The fraction of sp³-hybridized carbons (Fsp3) is 0.444. The van der Waals surface area contributed by atoms with Gasteiger partial charge in [0.1, 0.15) is 6.04 Å². The van der Waals surface area contributed by atoms with E-state index in [1.165, 1.54) is 5.56 Å². The molecule has 23 heavy (non-hydrogen) atoms. The van der Waals surface area contributed by atoms with E-state index in [-0.39, 0.29) is 18.2 Å². The van der Waals surface area contributed by atoms with Gasteiger partial charge < -0.3 is 15.4 Å². The largest absolute Gasteiger partial charge is 0.480 e. The van der Waals surface area contributed by atoms with Crippen LogP contribution in [0.2, 0.25) is 0 Å². The van der Waals surface area contributed by atoms with Gasteiger partial charge in [-0.15, -0.1) is 0 Å². The van der Waals surface area contributed by atoms with Crippen molar-refractivity contribution in [3.8, 4) is 0 Å². The molecule has 2 atom stereocenters. The molecule has 0 spiro atoms. The highest BCUT2D eigenvalue weighted by Crippen LogP contribution is 2.22. The summed E-state index contributed by atoms with van der Waals surface area (Å²) in [6.45, 7) is 5.84. The summed E-state index contributed by atoms with van der Waals surface area (Å²) in [7, 11) is 0. The number of rotatable bonds is 7. The lowest BCUT2D eigenvalue weighted by atomic mass is 9.99. The number of carboxylic acids is 1. The van der Waals surface area contributed by atoms with Gasteiger partial charge in [0.2, 0.25) is 5.91 Å². The Labute approximate surface area is 136 Å². The van der Waals surface area contributed by atoms with Gasteiger partial charge in [-0.2, -0.15) is 0 Å². The van der Waals surface area contributed by atoms with Crippen molar-refractivity contribution in [2.75, 3.05) is 0 Å². The van der Waals surface area contributed by atoms with E-state index in [0.29, 0.717) is 6.42 Å². The zero-order valence-corrected chi connectivity index (χ0v) is 13.8. The molecule has 0 aliphatic carbocycles. The number of carbonyl (C=O) groups excluding carboxylic acids is 1. The standard InChI is InChI=1S/C18H24N2O3/c1-4-11(3)16(18(22)23)20-15(21)9-13-10-19-17-12(5-2)7-6-8-14(13)17/h6-8,10-11,16,19H,4-5,9H2,1-3H3,(H,20,21)(H,22,23). The van der Waals surface area contributed by atoms with Crippen LogP contribution in [0.5, 0.6) is 0 Å². The van der Waals surface area contributed by atoms with E-state index in [1.807, 2.05) is 32.2 Å². The van der Waals surface area contributed by atoms with Gasteiger partial charge in [0.15, 0.2) is 0 Å². The molecular formula is C18H24N2O3. The summed E-state index contributed by atoms with van der Waals surface area (Å²) in [4.78, 5) is 26.8. The number of carbonyl (C=O) groups is 2. The van der Waals surface area contributed by atoms with Gasteiger partial charge in [0.05, 0.1) is 6.42 Å². The van der Waals surface area contributed by atoms with Crippen molar-refractivity contribution in [3.63, 3.8) is 0 Å². The van der Waals surface area contributed by atoms with Crippen LogP contribution >= 0.6 is 0 Å². The summed E-state index contributed by atoms with van der Waals surface area (Å²) < 4.78 is 0. The summed E-state index contributed by atoms with van der Waals surface area (Å²) in [5, 5.41) is 12.9. The van der Waals surface area contributed by atoms with Gasteiger partial charge in [0.25, 0.3) is 0 Å². The van der Waals surface area contributed by atoms with Gasteiger partial charge in [-0.3, -0.25) is 4.79 Å². The number of aliphatic carboxylic acids is 1. The Balaban J connectivity index is 2.16. The molecule has 0 saturated heterocycles. The first kappa shape index (κ1) is 17.1. The minimum absolute atomic E-state index is 0.105. The summed E-state index contributed by atoms with van der Waals surface area (Å²) in [5.74, 6) is -1.36. The molecule has 0 radical (unpaired) electrons. The van der Waals surface area contributed by atoms with Crippen LogP contribution in [0, 0.1) is 5.92 Å². The number of nitrogens with one attached hydrogen (secondary N) is 2. The lowest BCUT2D eigenvalue weighted by Gasteiger charge is -2.20. The third-order valence-corrected chi connectivity index (χ3v) is 4.41. The first-order valence-corrected chi connectivity index (χ1v) is 8.07. The smallest absolute Gasteiger partial charge is 0.326 e. The van der Waals surface area contributed by atoms with Crippen LogP contribution in [-0.4, -0.2) is 28.0 Å². The normalized spacial score (nSPS) is 13.7. The van der Waals surface area contributed by atoms with Gasteiger partial charge >= 0.3 is 5.97 Å². The first-order chi connectivity index (χ1) is 11.0. The Morgan fingerprint density at radius 1 is 1.26 bits per heavy atom. The molecule has 3 N–H and O–H groups in total. The number of H-pyrrole nitrogens is 1. The van der Waals surface area contributed by atoms with E-state index in [9.17, 15) is 14.7 Å². The maximum Gasteiger partial charge on any atom is 0.326 e. The van der Waals surface area contributed by atoms with E-state index in [2.05, 4.69) is 23.3 Å². The first-order valence-electron chi connectivity index (χ1n) is 8.07. The Morgan fingerprint density at radius 3 is 2.61 bits per heavy atom. The monoisotopic (exact) mass is 316 g/mol. The second kappa shape index (κ2) is 7.31. The number of amides is 1. The van der Waals surface area contributed by atoms with Gasteiger partial charge in [-0.25, -0.2) is 4.79 Å². The van der Waals surface area contributed by atoms with E-state index >= 15 is 0 Å². The Kier molecular flexibility index (Phi) is 5.42. The van der Waals surface area contributed by atoms with Crippen molar-refractivity contribution in [3.05, 3.63) is 35.5 Å². The highest BCUT2D eigenvalue weighted by atomic mass is 16.4. The van der Waals surface area contributed by atoms with Gasteiger partial charge in [0, 0.05) is 17.1 Å². The molecule has 1 amide bonds. The lowest BCUT2D eigenvalue weighted by molar-refractivity contribution is -0.143. The van der Waals surface area contributed by atoms with Crippen LogP contribution in [0.25, 0.3) is 10.9 Å². The fourth-order valence-electron chi connectivity index (χ4n) is 2.80. The zero-order chi connectivity index (χ0) is 17.0.